The maximum atomic E-state index is 13.6. The zero-order valence-electron chi connectivity index (χ0n) is 21.2. The third-order valence-corrected chi connectivity index (χ3v) is 8.08. The maximum absolute atomic E-state index is 13.6. The number of hydrogen-bond acceptors (Lipinski definition) is 5. The Hall–Kier alpha value is -2.31. The van der Waals surface area contributed by atoms with Gasteiger partial charge < -0.3 is 24.0 Å². The fourth-order valence-electron chi connectivity index (χ4n) is 5.70. The number of benzene rings is 2. The van der Waals surface area contributed by atoms with Crippen molar-refractivity contribution in [3.63, 3.8) is 0 Å². The molecule has 2 fully saturated rings. The minimum atomic E-state index is -0.180. The molecule has 0 aliphatic carbocycles. The van der Waals surface area contributed by atoms with Gasteiger partial charge in [-0.05, 0) is 99.6 Å². The summed E-state index contributed by atoms with van der Waals surface area (Å²) in [4.78, 5) is 5.23. The number of halogens is 1. The highest BCUT2D eigenvalue weighted by atomic mass is 19.1. The van der Waals surface area contributed by atoms with Gasteiger partial charge in [-0.3, -0.25) is 0 Å². The summed E-state index contributed by atoms with van der Waals surface area (Å²) in [6.45, 7) is 12.5. The molecule has 0 aromatic heterocycles. The molecular weight excluding hydrogens is 443 g/mol. The molecule has 5 nitrogen and oxygen atoms in total. The van der Waals surface area contributed by atoms with Gasteiger partial charge >= 0.3 is 0 Å². The molecule has 2 aromatic carbocycles. The van der Waals surface area contributed by atoms with Gasteiger partial charge in [0, 0.05) is 18.5 Å². The lowest BCUT2D eigenvalue weighted by Crippen LogP contribution is -2.43. The Bertz CT molecular complexity index is 970. The molecule has 190 valence electrons. The van der Waals surface area contributed by atoms with Gasteiger partial charge in [0.05, 0.1) is 6.61 Å². The molecular formula is C29H39FN2O3. The normalized spacial score (nSPS) is 24.4. The van der Waals surface area contributed by atoms with Crippen molar-refractivity contribution in [2.45, 2.75) is 45.4 Å². The van der Waals surface area contributed by atoms with Gasteiger partial charge in [-0.25, -0.2) is 4.39 Å². The Kier molecular flexibility index (Phi) is 7.49. The molecule has 0 saturated carbocycles. The van der Waals surface area contributed by atoms with Crippen LogP contribution in [0.15, 0.2) is 42.5 Å². The largest absolute Gasteiger partial charge is 0.493 e. The highest BCUT2D eigenvalue weighted by Gasteiger charge is 2.31. The molecule has 2 atom stereocenters. The van der Waals surface area contributed by atoms with Crippen molar-refractivity contribution in [3.8, 4) is 17.2 Å². The van der Waals surface area contributed by atoms with Crippen molar-refractivity contribution in [2.75, 3.05) is 52.7 Å². The van der Waals surface area contributed by atoms with Crippen molar-refractivity contribution in [3.05, 3.63) is 53.8 Å². The van der Waals surface area contributed by atoms with E-state index in [4.69, 9.17) is 14.2 Å². The minimum absolute atomic E-state index is 0.180. The van der Waals surface area contributed by atoms with E-state index in [0.29, 0.717) is 23.9 Å². The van der Waals surface area contributed by atoms with Gasteiger partial charge in [-0.2, -0.15) is 0 Å². The molecule has 0 spiro atoms. The molecule has 3 aliphatic heterocycles. The van der Waals surface area contributed by atoms with E-state index in [0.717, 1.165) is 43.3 Å². The summed E-state index contributed by atoms with van der Waals surface area (Å²) in [7, 11) is 0. The first-order valence-corrected chi connectivity index (χ1v) is 13.2. The van der Waals surface area contributed by atoms with Crippen molar-refractivity contribution in [1.29, 1.82) is 0 Å². The van der Waals surface area contributed by atoms with Gasteiger partial charge in [-0.15, -0.1) is 0 Å². The standard InChI is InChI=1S/C29H39FN2O3/c1-29(2)11-16-31(17-12-29)13-3-14-32-15-10-26(22-4-6-24(30)7-5-22)23(19-32)20-33-25-8-9-27-28(18-25)35-21-34-27/h4-9,18,23,26H,3,10-17,19-21H2,1-2H3/t23-,26-/m1/s1. The van der Waals surface area contributed by atoms with E-state index in [-0.39, 0.29) is 12.6 Å². The van der Waals surface area contributed by atoms with E-state index in [1.165, 1.54) is 44.5 Å². The second-order valence-corrected chi connectivity index (χ2v) is 11.2. The predicted molar refractivity (Wildman–Crippen MR) is 136 cm³/mol. The smallest absolute Gasteiger partial charge is 0.231 e. The van der Waals surface area contributed by atoms with Gasteiger partial charge in [0.25, 0.3) is 0 Å². The quantitative estimate of drug-likeness (QED) is 0.493. The molecule has 3 heterocycles. The number of ether oxygens (including phenoxy) is 3. The van der Waals surface area contributed by atoms with Crippen LogP contribution in [-0.2, 0) is 0 Å². The van der Waals surface area contributed by atoms with E-state index in [2.05, 4.69) is 23.6 Å². The first kappa shape index (κ1) is 24.4. The highest BCUT2D eigenvalue weighted by Crippen LogP contribution is 2.37. The Balaban J connectivity index is 1.18. The van der Waals surface area contributed by atoms with Crippen LogP contribution in [0.4, 0.5) is 4.39 Å². The third-order valence-electron chi connectivity index (χ3n) is 8.08. The number of likely N-dealkylation sites (tertiary alicyclic amines) is 2. The monoisotopic (exact) mass is 482 g/mol. The number of fused-ring (bicyclic) bond motifs is 1. The highest BCUT2D eigenvalue weighted by molar-refractivity contribution is 5.46. The SMILES string of the molecule is CC1(C)CCN(CCCN2CC[C@H](c3ccc(F)cc3)[C@@H](COc3ccc4c(c3)OCO4)C2)CC1. The lowest BCUT2D eigenvalue weighted by Gasteiger charge is -2.40. The van der Waals surface area contributed by atoms with Crippen LogP contribution in [-0.4, -0.2) is 62.5 Å². The van der Waals surface area contributed by atoms with E-state index in [9.17, 15) is 4.39 Å². The first-order chi connectivity index (χ1) is 16.9. The van der Waals surface area contributed by atoms with Crippen molar-refractivity contribution in [2.24, 2.45) is 11.3 Å². The zero-order chi connectivity index (χ0) is 24.3. The van der Waals surface area contributed by atoms with E-state index in [1.807, 2.05) is 30.3 Å². The van der Waals surface area contributed by atoms with Crippen LogP contribution in [0.5, 0.6) is 17.2 Å². The van der Waals surface area contributed by atoms with Crippen LogP contribution in [0.2, 0.25) is 0 Å². The Morgan fingerprint density at radius 1 is 0.943 bits per heavy atom. The molecule has 0 unspecified atom stereocenters. The van der Waals surface area contributed by atoms with E-state index >= 15 is 0 Å². The summed E-state index contributed by atoms with van der Waals surface area (Å²) in [5.41, 5.74) is 1.71. The van der Waals surface area contributed by atoms with E-state index < -0.39 is 0 Å². The van der Waals surface area contributed by atoms with Crippen molar-refractivity contribution >= 4 is 0 Å². The van der Waals surface area contributed by atoms with Gasteiger partial charge in [0.15, 0.2) is 11.5 Å². The average molecular weight is 483 g/mol. The average Bonchev–Trinajstić information content (AvgIpc) is 3.33. The number of rotatable bonds is 8. The molecule has 5 rings (SSSR count). The van der Waals surface area contributed by atoms with Crippen LogP contribution in [0.25, 0.3) is 0 Å². The summed E-state index contributed by atoms with van der Waals surface area (Å²) in [6, 6.07) is 12.8. The lowest BCUT2D eigenvalue weighted by molar-refractivity contribution is 0.0977. The topological polar surface area (TPSA) is 34.2 Å². The van der Waals surface area contributed by atoms with Crippen LogP contribution >= 0.6 is 0 Å². The first-order valence-electron chi connectivity index (χ1n) is 13.2. The molecule has 2 aromatic rings. The second-order valence-electron chi connectivity index (χ2n) is 11.2. The van der Waals surface area contributed by atoms with Crippen LogP contribution < -0.4 is 14.2 Å². The molecule has 2 saturated heterocycles. The number of nitrogens with zero attached hydrogens (tertiary/aromatic N) is 2. The third kappa shape index (κ3) is 6.28. The minimum Gasteiger partial charge on any atom is -0.493 e. The summed E-state index contributed by atoms with van der Waals surface area (Å²) in [5, 5.41) is 0. The van der Waals surface area contributed by atoms with Crippen molar-refractivity contribution < 1.29 is 18.6 Å². The number of hydrogen-bond donors (Lipinski definition) is 0. The predicted octanol–water partition coefficient (Wildman–Crippen LogP) is 5.55. The zero-order valence-corrected chi connectivity index (χ0v) is 21.2. The van der Waals surface area contributed by atoms with Crippen LogP contribution in [0, 0.1) is 17.2 Å². The Morgan fingerprint density at radius 2 is 1.69 bits per heavy atom. The molecule has 0 radical (unpaired) electrons. The van der Waals surface area contributed by atoms with Gasteiger partial charge in [-0.1, -0.05) is 26.0 Å². The molecule has 0 amide bonds. The van der Waals surface area contributed by atoms with Gasteiger partial charge in [0.1, 0.15) is 11.6 Å². The maximum Gasteiger partial charge on any atom is 0.231 e. The van der Waals surface area contributed by atoms with Crippen LogP contribution in [0.1, 0.15) is 51.0 Å². The fourth-order valence-corrected chi connectivity index (χ4v) is 5.70. The van der Waals surface area contributed by atoms with Gasteiger partial charge in [0.2, 0.25) is 6.79 Å². The second kappa shape index (κ2) is 10.8. The summed E-state index contributed by atoms with van der Waals surface area (Å²) in [5.74, 6) is 2.84. The molecule has 0 bridgehead atoms. The molecule has 3 aliphatic rings. The van der Waals surface area contributed by atoms with E-state index in [1.54, 1.807) is 12.1 Å². The van der Waals surface area contributed by atoms with Crippen molar-refractivity contribution in [1.82, 2.24) is 9.80 Å². The Labute approximate surface area is 209 Å². The fraction of sp³-hybridized carbons (Fsp3) is 0.586. The summed E-state index contributed by atoms with van der Waals surface area (Å²) >= 11 is 0. The number of piperidine rings is 2. The Morgan fingerprint density at radius 3 is 2.49 bits per heavy atom. The molecule has 35 heavy (non-hydrogen) atoms. The summed E-state index contributed by atoms with van der Waals surface area (Å²) in [6.07, 6.45) is 4.88. The molecule has 0 N–H and O–H groups in total. The van der Waals surface area contributed by atoms with Crippen LogP contribution in [0.3, 0.4) is 0 Å². The lowest BCUT2D eigenvalue weighted by atomic mass is 9.80. The molecule has 6 heteroatoms. The summed E-state index contributed by atoms with van der Waals surface area (Å²) < 4.78 is 30.8.